The number of aliphatic hydroxyl groups excluding tert-OH is 1. The van der Waals surface area contributed by atoms with Crippen LogP contribution < -0.4 is 0 Å². The van der Waals surface area contributed by atoms with Gasteiger partial charge in [-0.2, -0.15) is 11.3 Å². The summed E-state index contributed by atoms with van der Waals surface area (Å²) >= 11 is 1.66. The molecule has 4 heteroatoms. The Morgan fingerprint density at radius 3 is 2.88 bits per heavy atom. The van der Waals surface area contributed by atoms with E-state index in [2.05, 4.69) is 11.4 Å². The number of aliphatic hydroxyl groups is 1. The predicted octanol–water partition coefficient (Wildman–Crippen LogP) is 2.24. The van der Waals surface area contributed by atoms with Crippen LogP contribution in [-0.2, 0) is 15.9 Å². The quantitative estimate of drug-likeness (QED) is 0.878. The van der Waals surface area contributed by atoms with Gasteiger partial charge in [0.1, 0.15) is 0 Å². The smallest absolute Gasteiger partial charge is 0.0987 e. The molecule has 0 radical (unpaired) electrons. The first kappa shape index (κ1) is 13.0. The second-order valence-electron chi connectivity index (χ2n) is 4.46. The highest BCUT2D eigenvalue weighted by molar-refractivity contribution is 7.07. The minimum absolute atomic E-state index is 0.408. The molecular formula is C13H20O3S. The van der Waals surface area contributed by atoms with Crippen LogP contribution in [0.4, 0.5) is 0 Å². The van der Waals surface area contributed by atoms with Gasteiger partial charge in [-0.25, -0.2) is 0 Å². The fourth-order valence-electron chi connectivity index (χ4n) is 2.40. The summed E-state index contributed by atoms with van der Waals surface area (Å²) in [5.74, 6) is 0. The number of rotatable bonds is 5. The van der Waals surface area contributed by atoms with Crippen molar-refractivity contribution in [2.24, 2.45) is 0 Å². The van der Waals surface area contributed by atoms with Gasteiger partial charge in [0, 0.05) is 39.1 Å². The lowest BCUT2D eigenvalue weighted by Crippen LogP contribution is -2.50. The lowest BCUT2D eigenvalue weighted by Gasteiger charge is -2.40. The van der Waals surface area contributed by atoms with Gasteiger partial charge in [-0.1, -0.05) is 0 Å². The van der Waals surface area contributed by atoms with Gasteiger partial charge in [0.15, 0.2) is 0 Å². The molecule has 0 bridgehead atoms. The van der Waals surface area contributed by atoms with E-state index in [-0.39, 0.29) is 0 Å². The highest BCUT2D eigenvalue weighted by atomic mass is 32.1. The number of thiophene rings is 1. The third-order valence-electron chi connectivity index (χ3n) is 3.39. The van der Waals surface area contributed by atoms with Crippen molar-refractivity contribution in [2.45, 2.75) is 37.9 Å². The SMILES string of the molecule is CCOC1(C(O)Cc2ccsc2)CCOCC1. The summed E-state index contributed by atoms with van der Waals surface area (Å²) in [5.41, 5.74) is 0.780. The van der Waals surface area contributed by atoms with Gasteiger partial charge >= 0.3 is 0 Å². The molecule has 3 nitrogen and oxygen atoms in total. The second-order valence-corrected chi connectivity index (χ2v) is 5.24. The topological polar surface area (TPSA) is 38.7 Å². The van der Waals surface area contributed by atoms with Crippen LogP contribution in [0.3, 0.4) is 0 Å². The van der Waals surface area contributed by atoms with Crippen LogP contribution in [0.2, 0.25) is 0 Å². The van der Waals surface area contributed by atoms with Gasteiger partial charge in [-0.3, -0.25) is 0 Å². The third kappa shape index (κ3) is 3.07. The van der Waals surface area contributed by atoms with Crippen LogP contribution in [0.5, 0.6) is 0 Å². The molecule has 2 rings (SSSR count). The van der Waals surface area contributed by atoms with Crippen molar-refractivity contribution in [2.75, 3.05) is 19.8 Å². The number of hydrogen-bond acceptors (Lipinski definition) is 4. The first-order valence-electron chi connectivity index (χ1n) is 6.18. The van der Waals surface area contributed by atoms with Crippen molar-refractivity contribution >= 4 is 11.3 Å². The van der Waals surface area contributed by atoms with Gasteiger partial charge in [0.2, 0.25) is 0 Å². The number of ether oxygens (including phenoxy) is 2. The molecule has 1 aromatic heterocycles. The van der Waals surface area contributed by atoms with Crippen LogP contribution in [0, 0.1) is 0 Å². The molecular weight excluding hydrogens is 236 g/mol. The second kappa shape index (κ2) is 5.96. The van der Waals surface area contributed by atoms with E-state index >= 15 is 0 Å². The molecule has 96 valence electrons. The summed E-state index contributed by atoms with van der Waals surface area (Å²) < 4.78 is 11.2. The normalized spacial score (nSPS) is 21.3. The van der Waals surface area contributed by atoms with E-state index in [0.29, 0.717) is 26.2 Å². The van der Waals surface area contributed by atoms with E-state index in [1.165, 1.54) is 5.56 Å². The molecule has 0 saturated carbocycles. The Morgan fingerprint density at radius 1 is 1.53 bits per heavy atom. The molecule has 0 amide bonds. The Hall–Kier alpha value is -0.420. The summed E-state index contributed by atoms with van der Waals surface area (Å²) in [7, 11) is 0. The lowest BCUT2D eigenvalue weighted by molar-refractivity contribution is -0.165. The molecule has 1 unspecified atom stereocenters. The zero-order chi connectivity index (χ0) is 12.1. The number of hydrogen-bond donors (Lipinski definition) is 1. The van der Waals surface area contributed by atoms with E-state index in [9.17, 15) is 5.11 Å². The minimum atomic E-state index is -0.444. The van der Waals surface area contributed by atoms with E-state index in [0.717, 1.165) is 12.8 Å². The summed E-state index contributed by atoms with van der Waals surface area (Å²) in [6.45, 7) is 3.98. The molecule has 1 fully saturated rings. The molecule has 1 aliphatic heterocycles. The predicted molar refractivity (Wildman–Crippen MR) is 68.4 cm³/mol. The minimum Gasteiger partial charge on any atom is -0.390 e. The van der Waals surface area contributed by atoms with Crippen molar-refractivity contribution in [1.82, 2.24) is 0 Å². The van der Waals surface area contributed by atoms with E-state index in [1.54, 1.807) is 11.3 Å². The Kier molecular flexibility index (Phi) is 4.56. The molecule has 1 saturated heterocycles. The first-order chi connectivity index (χ1) is 8.27. The van der Waals surface area contributed by atoms with E-state index < -0.39 is 11.7 Å². The maximum atomic E-state index is 10.5. The van der Waals surface area contributed by atoms with Crippen LogP contribution in [0.1, 0.15) is 25.3 Å². The van der Waals surface area contributed by atoms with Crippen molar-refractivity contribution in [3.8, 4) is 0 Å². The Balaban J connectivity index is 2.03. The summed E-state index contributed by atoms with van der Waals surface area (Å²) in [6, 6.07) is 2.06. The first-order valence-corrected chi connectivity index (χ1v) is 7.12. The van der Waals surface area contributed by atoms with Gasteiger partial charge in [-0.15, -0.1) is 0 Å². The molecule has 1 aliphatic rings. The molecule has 1 N–H and O–H groups in total. The van der Waals surface area contributed by atoms with Crippen LogP contribution >= 0.6 is 11.3 Å². The largest absolute Gasteiger partial charge is 0.390 e. The Labute approximate surface area is 106 Å². The monoisotopic (exact) mass is 256 g/mol. The summed E-state index contributed by atoms with van der Waals surface area (Å²) in [6.07, 6.45) is 1.79. The summed E-state index contributed by atoms with van der Waals surface area (Å²) in [5, 5.41) is 14.6. The summed E-state index contributed by atoms with van der Waals surface area (Å²) in [4.78, 5) is 0. The van der Waals surface area contributed by atoms with Crippen LogP contribution in [0.15, 0.2) is 16.8 Å². The molecule has 0 spiro atoms. The van der Waals surface area contributed by atoms with Crippen LogP contribution in [-0.4, -0.2) is 36.6 Å². The fraction of sp³-hybridized carbons (Fsp3) is 0.692. The fourth-order valence-corrected chi connectivity index (χ4v) is 3.08. The van der Waals surface area contributed by atoms with Crippen molar-refractivity contribution < 1.29 is 14.6 Å². The Bertz CT molecular complexity index is 312. The highest BCUT2D eigenvalue weighted by Gasteiger charge is 2.40. The van der Waals surface area contributed by atoms with Gasteiger partial charge < -0.3 is 14.6 Å². The van der Waals surface area contributed by atoms with E-state index in [1.807, 2.05) is 12.3 Å². The average molecular weight is 256 g/mol. The zero-order valence-electron chi connectivity index (χ0n) is 10.2. The molecule has 1 atom stereocenters. The molecule has 2 heterocycles. The third-order valence-corrected chi connectivity index (χ3v) is 4.12. The van der Waals surface area contributed by atoms with Crippen LogP contribution in [0.25, 0.3) is 0 Å². The molecule has 0 aliphatic carbocycles. The maximum absolute atomic E-state index is 10.5. The molecule has 0 aromatic carbocycles. The van der Waals surface area contributed by atoms with Crippen molar-refractivity contribution in [1.29, 1.82) is 0 Å². The maximum Gasteiger partial charge on any atom is 0.0987 e. The molecule has 17 heavy (non-hydrogen) atoms. The van der Waals surface area contributed by atoms with Crippen molar-refractivity contribution in [3.63, 3.8) is 0 Å². The Morgan fingerprint density at radius 2 is 2.29 bits per heavy atom. The average Bonchev–Trinajstić information content (AvgIpc) is 2.83. The zero-order valence-corrected chi connectivity index (χ0v) is 11.0. The van der Waals surface area contributed by atoms with Gasteiger partial charge in [0.05, 0.1) is 11.7 Å². The lowest BCUT2D eigenvalue weighted by atomic mass is 9.85. The highest BCUT2D eigenvalue weighted by Crippen LogP contribution is 2.31. The van der Waals surface area contributed by atoms with Gasteiger partial charge in [-0.05, 0) is 29.3 Å². The van der Waals surface area contributed by atoms with E-state index in [4.69, 9.17) is 9.47 Å². The van der Waals surface area contributed by atoms with Crippen molar-refractivity contribution in [3.05, 3.63) is 22.4 Å². The molecule has 1 aromatic rings. The standard InChI is InChI=1S/C13H20O3S/c1-2-16-13(4-6-15-7-5-13)12(14)9-11-3-8-17-10-11/h3,8,10,12,14H,2,4-7,9H2,1H3. The van der Waals surface area contributed by atoms with Gasteiger partial charge in [0.25, 0.3) is 0 Å².